The summed E-state index contributed by atoms with van der Waals surface area (Å²) in [6, 6.07) is 9.86. The van der Waals surface area contributed by atoms with Gasteiger partial charge in [0.25, 0.3) is 0 Å². The van der Waals surface area contributed by atoms with Gasteiger partial charge in [-0.25, -0.2) is 14.4 Å². The third-order valence-corrected chi connectivity index (χ3v) is 5.68. The van der Waals surface area contributed by atoms with Crippen LogP contribution in [0, 0.1) is 5.82 Å². The van der Waals surface area contributed by atoms with Gasteiger partial charge in [-0.1, -0.05) is 0 Å². The Hall–Kier alpha value is -2.66. The van der Waals surface area contributed by atoms with E-state index in [1.165, 1.54) is 36.7 Å². The highest BCUT2D eigenvalue weighted by molar-refractivity contribution is 9.10. The molecule has 154 valence electrons. The molecule has 0 spiro atoms. The summed E-state index contributed by atoms with van der Waals surface area (Å²) in [5, 5.41) is 16.8. The van der Waals surface area contributed by atoms with E-state index >= 15 is 0 Å². The van der Waals surface area contributed by atoms with Crippen LogP contribution in [-0.4, -0.2) is 45.1 Å². The molecule has 1 aromatic carbocycles. The molecule has 30 heavy (non-hydrogen) atoms. The number of thiazole rings is 1. The molecule has 10 heteroatoms. The van der Waals surface area contributed by atoms with Crippen molar-refractivity contribution in [3.63, 3.8) is 0 Å². The number of anilines is 2. The van der Waals surface area contributed by atoms with Crippen molar-refractivity contribution in [2.45, 2.75) is 6.29 Å². The summed E-state index contributed by atoms with van der Waals surface area (Å²) < 4.78 is 20.4. The molecule has 7 nitrogen and oxygen atoms in total. The number of aromatic nitrogens is 4. The maximum atomic E-state index is 13.2. The van der Waals surface area contributed by atoms with Gasteiger partial charge in [0.1, 0.15) is 16.1 Å². The van der Waals surface area contributed by atoms with Crippen LogP contribution in [-0.2, 0) is 4.74 Å². The SMILES string of the molecule is COC(O)/C=C/c1nc2ccc(Br)nn2c1N(C)c1nc(-c2ccc(F)cc2)cs1. The van der Waals surface area contributed by atoms with Crippen molar-refractivity contribution in [1.82, 2.24) is 19.6 Å². The number of nitrogens with zero attached hydrogens (tertiary/aromatic N) is 5. The second-order valence-corrected chi connectivity index (χ2v) is 7.96. The van der Waals surface area contributed by atoms with Crippen LogP contribution in [0.3, 0.4) is 0 Å². The van der Waals surface area contributed by atoms with Gasteiger partial charge in [-0.15, -0.1) is 11.3 Å². The monoisotopic (exact) mass is 489 g/mol. The first-order valence-corrected chi connectivity index (χ1v) is 10.5. The van der Waals surface area contributed by atoms with Crippen molar-refractivity contribution in [3.05, 3.63) is 64.0 Å². The van der Waals surface area contributed by atoms with E-state index in [2.05, 4.69) is 26.0 Å². The molecule has 4 aromatic rings. The summed E-state index contributed by atoms with van der Waals surface area (Å²) >= 11 is 4.84. The zero-order valence-corrected chi connectivity index (χ0v) is 18.4. The molecule has 0 radical (unpaired) electrons. The first-order valence-electron chi connectivity index (χ1n) is 8.86. The van der Waals surface area contributed by atoms with Crippen LogP contribution in [0.5, 0.6) is 0 Å². The van der Waals surface area contributed by atoms with Gasteiger partial charge in [0, 0.05) is 25.1 Å². The first-order chi connectivity index (χ1) is 14.5. The number of halogens is 2. The predicted molar refractivity (Wildman–Crippen MR) is 118 cm³/mol. The Labute approximate surface area is 184 Å². The number of aliphatic hydroxyl groups excluding tert-OH is 1. The summed E-state index contributed by atoms with van der Waals surface area (Å²) in [7, 11) is 3.28. The van der Waals surface area contributed by atoms with Gasteiger partial charge in [0.05, 0.1) is 5.69 Å². The van der Waals surface area contributed by atoms with Crippen LogP contribution in [0.25, 0.3) is 23.0 Å². The van der Waals surface area contributed by atoms with Crippen LogP contribution >= 0.6 is 27.3 Å². The lowest BCUT2D eigenvalue weighted by atomic mass is 10.2. The number of hydrogen-bond donors (Lipinski definition) is 1. The van der Waals surface area contributed by atoms with E-state index in [0.29, 0.717) is 26.9 Å². The summed E-state index contributed by atoms with van der Waals surface area (Å²) in [5.74, 6) is 0.384. The Morgan fingerprint density at radius 2 is 2.00 bits per heavy atom. The molecular weight excluding hydrogens is 473 g/mol. The number of aliphatic hydroxyl groups is 1. The fraction of sp³-hybridized carbons (Fsp3) is 0.150. The maximum absolute atomic E-state index is 13.2. The smallest absolute Gasteiger partial charge is 0.191 e. The Balaban J connectivity index is 1.77. The fourth-order valence-electron chi connectivity index (χ4n) is 2.86. The van der Waals surface area contributed by atoms with Gasteiger partial charge in [0.15, 0.2) is 22.9 Å². The Kier molecular flexibility index (Phi) is 5.91. The predicted octanol–water partition coefficient (Wildman–Crippen LogP) is 4.50. The summed E-state index contributed by atoms with van der Waals surface area (Å²) in [6.07, 6.45) is 2.13. The van der Waals surface area contributed by atoms with E-state index in [0.717, 1.165) is 11.3 Å². The molecule has 0 aliphatic carbocycles. The highest BCUT2D eigenvalue weighted by Gasteiger charge is 2.20. The van der Waals surface area contributed by atoms with Gasteiger partial charge in [-0.3, -0.25) is 0 Å². The van der Waals surface area contributed by atoms with Crippen LogP contribution in [0.4, 0.5) is 15.3 Å². The van der Waals surface area contributed by atoms with Gasteiger partial charge >= 0.3 is 0 Å². The summed E-state index contributed by atoms with van der Waals surface area (Å²) in [6.45, 7) is 0. The number of methoxy groups -OCH3 is 1. The molecule has 1 unspecified atom stereocenters. The maximum Gasteiger partial charge on any atom is 0.191 e. The summed E-state index contributed by atoms with van der Waals surface area (Å²) in [4.78, 5) is 11.2. The average molecular weight is 490 g/mol. The molecule has 4 rings (SSSR count). The number of ether oxygens (including phenoxy) is 1. The number of imidazole rings is 1. The summed E-state index contributed by atoms with van der Waals surface area (Å²) in [5.41, 5.74) is 2.81. The van der Waals surface area contributed by atoms with Gasteiger partial charge in [-0.2, -0.15) is 9.61 Å². The number of benzene rings is 1. The van der Waals surface area contributed by atoms with Crippen molar-refractivity contribution in [3.8, 4) is 11.3 Å². The molecule has 0 saturated carbocycles. The van der Waals surface area contributed by atoms with E-state index in [-0.39, 0.29) is 5.82 Å². The average Bonchev–Trinajstić information content (AvgIpc) is 3.37. The van der Waals surface area contributed by atoms with Crippen molar-refractivity contribution in [2.75, 3.05) is 19.1 Å². The van der Waals surface area contributed by atoms with Gasteiger partial charge < -0.3 is 14.7 Å². The highest BCUT2D eigenvalue weighted by atomic mass is 79.9. The third kappa shape index (κ3) is 4.12. The third-order valence-electron chi connectivity index (χ3n) is 4.34. The molecule has 3 aromatic heterocycles. The molecule has 0 aliphatic rings. The Morgan fingerprint density at radius 3 is 2.73 bits per heavy atom. The Morgan fingerprint density at radius 1 is 1.23 bits per heavy atom. The standard InChI is InChI=1S/C20H17BrFN5O2S/c1-26(20-24-15(11-30-20)12-3-5-13(22)6-4-12)19-14(7-10-18(28)29-2)23-17-9-8-16(21)25-27(17)19/h3-11,18,28H,1-2H3/b10-7+. The zero-order chi connectivity index (χ0) is 21.3. The number of hydrogen-bond acceptors (Lipinski definition) is 7. The lowest BCUT2D eigenvalue weighted by Gasteiger charge is -2.16. The van der Waals surface area contributed by atoms with E-state index in [9.17, 15) is 9.50 Å². The lowest BCUT2D eigenvalue weighted by Crippen LogP contribution is -2.14. The van der Waals surface area contributed by atoms with Crippen LogP contribution in [0.15, 0.2) is 52.5 Å². The minimum absolute atomic E-state index is 0.289. The van der Waals surface area contributed by atoms with Crippen LogP contribution in [0.1, 0.15) is 5.69 Å². The number of fused-ring (bicyclic) bond motifs is 1. The lowest BCUT2D eigenvalue weighted by molar-refractivity contribution is -0.0350. The second kappa shape index (κ2) is 8.60. The van der Waals surface area contributed by atoms with Gasteiger partial charge in [0.2, 0.25) is 0 Å². The molecule has 1 atom stereocenters. The minimum atomic E-state index is -1.04. The van der Waals surface area contributed by atoms with E-state index in [1.807, 2.05) is 23.4 Å². The van der Waals surface area contributed by atoms with Crippen molar-refractivity contribution < 1.29 is 14.2 Å². The fourth-order valence-corrected chi connectivity index (χ4v) is 3.95. The second-order valence-electron chi connectivity index (χ2n) is 6.31. The Bertz CT molecular complexity index is 1210. The van der Waals surface area contributed by atoms with Crippen molar-refractivity contribution in [1.29, 1.82) is 0 Å². The van der Waals surface area contributed by atoms with E-state index in [1.54, 1.807) is 28.8 Å². The molecule has 0 amide bonds. The van der Waals surface area contributed by atoms with Crippen molar-refractivity contribution in [2.24, 2.45) is 0 Å². The zero-order valence-electron chi connectivity index (χ0n) is 16.0. The molecule has 0 saturated heterocycles. The molecule has 0 aliphatic heterocycles. The molecule has 1 N–H and O–H groups in total. The van der Waals surface area contributed by atoms with E-state index < -0.39 is 6.29 Å². The van der Waals surface area contributed by atoms with E-state index in [4.69, 9.17) is 9.72 Å². The molecule has 0 fully saturated rings. The van der Waals surface area contributed by atoms with Crippen molar-refractivity contribution >= 4 is 49.9 Å². The highest BCUT2D eigenvalue weighted by Crippen LogP contribution is 2.33. The van der Waals surface area contributed by atoms with Crippen LogP contribution < -0.4 is 4.90 Å². The van der Waals surface area contributed by atoms with Gasteiger partial charge in [-0.05, 0) is 64.5 Å². The van der Waals surface area contributed by atoms with Crippen LogP contribution in [0.2, 0.25) is 0 Å². The largest absolute Gasteiger partial charge is 0.365 e. The minimum Gasteiger partial charge on any atom is -0.365 e. The first kappa shape index (κ1) is 20.6. The molecule has 0 bridgehead atoms. The number of rotatable bonds is 6. The topological polar surface area (TPSA) is 75.8 Å². The quantitative estimate of drug-likeness (QED) is 0.402. The molecule has 3 heterocycles. The molecular formula is C20H17BrFN5O2S. The normalized spacial score (nSPS) is 12.7.